The van der Waals surface area contributed by atoms with Gasteiger partial charge in [0.1, 0.15) is 5.75 Å². The fourth-order valence-electron chi connectivity index (χ4n) is 3.48. The number of benzene rings is 1. The summed E-state index contributed by atoms with van der Waals surface area (Å²) in [6.45, 7) is 7.44. The van der Waals surface area contributed by atoms with E-state index >= 15 is 0 Å². The molecule has 0 spiro atoms. The number of carbonyl (C=O) groups excluding carboxylic acids is 2. The molecule has 3 rings (SSSR count). The van der Waals surface area contributed by atoms with Crippen LogP contribution in [0.3, 0.4) is 0 Å². The van der Waals surface area contributed by atoms with Crippen molar-refractivity contribution in [3.8, 4) is 5.75 Å². The van der Waals surface area contributed by atoms with Gasteiger partial charge in [0.05, 0.1) is 6.54 Å². The molecule has 136 valence electrons. The third-order valence-electron chi connectivity index (χ3n) is 5.16. The highest BCUT2D eigenvalue weighted by atomic mass is 16.5. The second kappa shape index (κ2) is 7.87. The van der Waals surface area contributed by atoms with Gasteiger partial charge in [-0.3, -0.25) is 9.59 Å². The Morgan fingerprint density at radius 2 is 2.12 bits per heavy atom. The maximum atomic E-state index is 12.5. The van der Waals surface area contributed by atoms with Crippen molar-refractivity contribution in [3.63, 3.8) is 0 Å². The van der Waals surface area contributed by atoms with Gasteiger partial charge >= 0.3 is 0 Å². The summed E-state index contributed by atoms with van der Waals surface area (Å²) in [5, 5.41) is 3.09. The van der Waals surface area contributed by atoms with Crippen molar-refractivity contribution in [1.29, 1.82) is 0 Å². The number of piperidine rings is 1. The molecule has 1 N–H and O–H groups in total. The highest BCUT2D eigenvalue weighted by Gasteiger charge is 2.31. The minimum Gasteiger partial charge on any atom is -0.484 e. The van der Waals surface area contributed by atoms with E-state index in [9.17, 15) is 9.59 Å². The Balaban J connectivity index is 1.54. The predicted molar refractivity (Wildman–Crippen MR) is 95.6 cm³/mol. The van der Waals surface area contributed by atoms with E-state index in [0.29, 0.717) is 13.1 Å². The molecule has 2 amide bonds. The summed E-state index contributed by atoms with van der Waals surface area (Å²) in [7, 11) is 0. The summed E-state index contributed by atoms with van der Waals surface area (Å²) < 4.78 is 5.68. The van der Waals surface area contributed by atoms with Crippen LogP contribution in [-0.2, 0) is 9.59 Å². The van der Waals surface area contributed by atoms with E-state index in [-0.39, 0.29) is 24.5 Å². The normalized spacial score (nSPS) is 21.4. The monoisotopic (exact) mass is 345 g/mol. The number of rotatable bonds is 4. The average molecular weight is 345 g/mol. The molecule has 0 radical (unpaired) electrons. The molecule has 6 nitrogen and oxygen atoms in total. The smallest absolute Gasteiger partial charge is 0.260 e. The van der Waals surface area contributed by atoms with E-state index < -0.39 is 0 Å². The Morgan fingerprint density at radius 3 is 2.88 bits per heavy atom. The van der Waals surface area contributed by atoms with Gasteiger partial charge in [-0.15, -0.1) is 0 Å². The van der Waals surface area contributed by atoms with Crippen molar-refractivity contribution >= 4 is 11.8 Å². The molecule has 2 aliphatic heterocycles. The van der Waals surface area contributed by atoms with E-state index in [1.54, 1.807) is 0 Å². The summed E-state index contributed by atoms with van der Waals surface area (Å²) in [5.74, 6) is 0.852. The Hall–Kier alpha value is -2.08. The topological polar surface area (TPSA) is 61.9 Å². The van der Waals surface area contributed by atoms with Crippen LogP contribution < -0.4 is 10.1 Å². The quantitative estimate of drug-likeness (QED) is 0.888. The molecule has 2 aliphatic rings. The molecule has 1 aromatic carbocycles. The molecule has 1 unspecified atom stereocenters. The number of likely N-dealkylation sites (tertiary alicyclic amines) is 1. The fourth-order valence-corrected chi connectivity index (χ4v) is 3.48. The standard InChI is InChI=1S/C19H27N3O3/c1-14-5-6-17(10-15(14)2)25-13-19(24)21-8-3-4-16(12-21)22-9-7-20-11-18(22)23/h5-6,10,16,20H,3-4,7-9,11-13H2,1-2H3. The van der Waals surface area contributed by atoms with Gasteiger partial charge in [0.25, 0.3) is 5.91 Å². The van der Waals surface area contributed by atoms with Gasteiger partial charge in [-0.2, -0.15) is 0 Å². The number of hydrogen-bond donors (Lipinski definition) is 1. The van der Waals surface area contributed by atoms with Crippen LogP contribution in [0.2, 0.25) is 0 Å². The number of aryl methyl sites for hydroxylation is 2. The van der Waals surface area contributed by atoms with Crippen LogP contribution in [0.5, 0.6) is 5.75 Å². The number of nitrogens with one attached hydrogen (secondary N) is 1. The second-order valence-electron chi connectivity index (χ2n) is 6.93. The summed E-state index contributed by atoms with van der Waals surface area (Å²) >= 11 is 0. The van der Waals surface area contributed by atoms with Crippen LogP contribution in [0, 0.1) is 13.8 Å². The average Bonchev–Trinajstić information content (AvgIpc) is 2.63. The van der Waals surface area contributed by atoms with Gasteiger partial charge in [0.2, 0.25) is 5.91 Å². The number of ether oxygens (including phenoxy) is 1. The third-order valence-corrected chi connectivity index (χ3v) is 5.16. The lowest BCUT2D eigenvalue weighted by molar-refractivity contribution is -0.141. The maximum absolute atomic E-state index is 12.5. The number of hydrogen-bond acceptors (Lipinski definition) is 4. The Morgan fingerprint density at radius 1 is 1.28 bits per heavy atom. The van der Waals surface area contributed by atoms with E-state index in [4.69, 9.17) is 4.74 Å². The van der Waals surface area contributed by atoms with E-state index in [1.165, 1.54) is 5.56 Å². The zero-order valence-corrected chi connectivity index (χ0v) is 15.1. The number of amides is 2. The first-order valence-corrected chi connectivity index (χ1v) is 9.02. The first kappa shape index (κ1) is 17.7. The minimum absolute atomic E-state index is 0.00879. The zero-order chi connectivity index (χ0) is 17.8. The molecule has 0 bridgehead atoms. The molecule has 25 heavy (non-hydrogen) atoms. The van der Waals surface area contributed by atoms with Crippen LogP contribution in [0.15, 0.2) is 18.2 Å². The molecule has 1 atom stereocenters. The molecular formula is C19H27N3O3. The molecule has 2 heterocycles. The Bertz CT molecular complexity index is 647. The first-order chi connectivity index (χ1) is 12.0. The number of carbonyl (C=O) groups is 2. The lowest BCUT2D eigenvalue weighted by Gasteiger charge is -2.41. The van der Waals surface area contributed by atoms with E-state index in [2.05, 4.69) is 12.2 Å². The van der Waals surface area contributed by atoms with Gasteiger partial charge in [0.15, 0.2) is 6.61 Å². The first-order valence-electron chi connectivity index (χ1n) is 9.02. The Labute approximate surface area is 149 Å². The van der Waals surface area contributed by atoms with Gasteiger partial charge in [-0.1, -0.05) is 6.07 Å². The molecule has 1 aromatic rings. The lowest BCUT2D eigenvalue weighted by atomic mass is 10.0. The molecule has 0 aromatic heterocycles. The second-order valence-corrected chi connectivity index (χ2v) is 6.93. The summed E-state index contributed by atoms with van der Waals surface area (Å²) in [6, 6.07) is 5.99. The number of piperazine rings is 1. The van der Waals surface area contributed by atoms with Crippen molar-refractivity contribution < 1.29 is 14.3 Å². The maximum Gasteiger partial charge on any atom is 0.260 e. The van der Waals surface area contributed by atoms with Crippen LogP contribution >= 0.6 is 0 Å². The molecule has 2 saturated heterocycles. The van der Waals surface area contributed by atoms with Crippen molar-refractivity contribution in [1.82, 2.24) is 15.1 Å². The lowest BCUT2D eigenvalue weighted by Crippen LogP contribution is -2.57. The van der Waals surface area contributed by atoms with Crippen LogP contribution in [0.25, 0.3) is 0 Å². The predicted octanol–water partition coefficient (Wildman–Crippen LogP) is 1.11. The van der Waals surface area contributed by atoms with Gasteiger partial charge in [-0.05, 0) is 49.9 Å². The largest absolute Gasteiger partial charge is 0.484 e. The van der Waals surface area contributed by atoms with Gasteiger partial charge < -0.3 is 19.9 Å². The summed E-state index contributed by atoms with van der Waals surface area (Å²) in [5.41, 5.74) is 2.36. The number of nitrogens with zero attached hydrogens (tertiary/aromatic N) is 2. The molecular weight excluding hydrogens is 318 g/mol. The minimum atomic E-state index is -0.00879. The van der Waals surface area contributed by atoms with Crippen LogP contribution in [0.4, 0.5) is 0 Å². The van der Waals surface area contributed by atoms with Crippen molar-refractivity contribution in [3.05, 3.63) is 29.3 Å². The molecule has 0 aliphatic carbocycles. The van der Waals surface area contributed by atoms with Crippen LogP contribution in [0.1, 0.15) is 24.0 Å². The third kappa shape index (κ3) is 4.31. The zero-order valence-electron chi connectivity index (χ0n) is 15.1. The molecule has 0 saturated carbocycles. The van der Waals surface area contributed by atoms with Crippen molar-refractivity contribution in [2.75, 3.05) is 39.3 Å². The fraction of sp³-hybridized carbons (Fsp3) is 0.579. The molecule has 6 heteroatoms. The van der Waals surface area contributed by atoms with Crippen molar-refractivity contribution in [2.45, 2.75) is 32.7 Å². The molecule has 2 fully saturated rings. The van der Waals surface area contributed by atoms with Crippen LogP contribution in [-0.4, -0.2) is 67.0 Å². The SMILES string of the molecule is Cc1ccc(OCC(=O)N2CCCC(N3CCNCC3=O)C2)cc1C. The highest BCUT2D eigenvalue weighted by molar-refractivity contribution is 5.80. The van der Waals surface area contributed by atoms with E-state index in [1.807, 2.05) is 34.9 Å². The van der Waals surface area contributed by atoms with Gasteiger partial charge in [0, 0.05) is 32.2 Å². The van der Waals surface area contributed by atoms with Crippen molar-refractivity contribution in [2.24, 2.45) is 0 Å². The van der Waals surface area contributed by atoms with Gasteiger partial charge in [-0.25, -0.2) is 0 Å². The van der Waals surface area contributed by atoms with E-state index in [0.717, 1.165) is 43.8 Å². The summed E-state index contributed by atoms with van der Waals surface area (Å²) in [4.78, 5) is 28.4. The summed E-state index contributed by atoms with van der Waals surface area (Å²) in [6.07, 6.45) is 1.89. The Kier molecular flexibility index (Phi) is 5.58. The highest BCUT2D eigenvalue weighted by Crippen LogP contribution is 2.19.